The average Bonchev–Trinajstić information content (AvgIpc) is 4.03. The monoisotopic (exact) mass is 836 g/mol. The first-order chi connectivity index (χ1) is 28.8. The number of methoxy groups -OCH3 is 3. The number of amides is 1. The third-order valence-corrected chi connectivity index (χ3v) is 11.0. The number of nitrogens with zero attached hydrogens (tertiary/aromatic N) is 4. The highest BCUT2D eigenvalue weighted by molar-refractivity contribution is 5.83. The fourth-order valence-electron chi connectivity index (χ4n) is 7.03. The van der Waals surface area contributed by atoms with Gasteiger partial charge in [-0.3, -0.25) is 19.2 Å². The van der Waals surface area contributed by atoms with E-state index in [1.54, 1.807) is 46.5 Å². The Balaban J connectivity index is 1.48. The summed E-state index contributed by atoms with van der Waals surface area (Å²) in [5.74, 6) is -1.21. The van der Waals surface area contributed by atoms with Crippen molar-refractivity contribution >= 4 is 30.0 Å². The lowest BCUT2D eigenvalue weighted by Crippen LogP contribution is -2.34. The van der Waals surface area contributed by atoms with Crippen molar-refractivity contribution in [1.82, 2.24) is 19.9 Å². The first kappa shape index (κ1) is 47.6. The molecule has 328 valence electrons. The number of esters is 1. The second-order valence-corrected chi connectivity index (χ2v) is 15.4. The number of aliphatic hydroxyl groups excluding tert-OH is 1. The predicted molar refractivity (Wildman–Crippen MR) is 219 cm³/mol. The Hall–Kier alpha value is -5.03. The molecule has 4 heterocycles. The Kier molecular flexibility index (Phi) is 18.8. The minimum atomic E-state index is -1.19. The van der Waals surface area contributed by atoms with Gasteiger partial charge in [0.25, 0.3) is 0 Å². The van der Waals surface area contributed by atoms with Crippen LogP contribution < -0.4 is 0 Å². The molecule has 0 unspecified atom stereocenters. The number of Topliss-reactive ketones (excluding diaryl/α,β-unsaturated/α-hetero) is 2. The molecule has 9 atom stereocenters. The number of aliphatic hydroxyl groups is 1. The molecule has 0 aliphatic carbocycles. The van der Waals surface area contributed by atoms with E-state index in [0.29, 0.717) is 67.9 Å². The lowest BCUT2D eigenvalue weighted by atomic mass is 9.86. The van der Waals surface area contributed by atoms with E-state index in [1.165, 1.54) is 43.0 Å². The van der Waals surface area contributed by atoms with E-state index in [2.05, 4.69) is 15.0 Å². The van der Waals surface area contributed by atoms with Gasteiger partial charge in [0.1, 0.15) is 48.3 Å². The average molecular weight is 837 g/mol. The van der Waals surface area contributed by atoms with E-state index >= 15 is 0 Å². The fourth-order valence-corrected chi connectivity index (χ4v) is 7.03. The molecule has 0 aromatic carbocycles. The zero-order chi connectivity index (χ0) is 43.8. The van der Waals surface area contributed by atoms with Crippen molar-refractivity contribution in [2.45, 2.75) is 110 Å². The van der Waals surface area contributed by atoms with E-state index < -0.39 is 30.2 Å². The van der Waals surface area contributed by atoms with Crippen LogP contribution in [0.5, 0.6) is 0 Å². The lowest BCUT2D eigenvalue weighted by Gasteiger charge is -2.31. The summed E-state index contributed by atoms with van der Waals surface area (Å²) in [6.07, 6.45) is 14.3. The molecule has 16 nitrogen and oxygen atoms in total. The maximum absolute atomic E-state index is 13.3. The third kappa shape index (κ3) is 13.8. The number of ether oxygens (including phenoxy) is 4. The number of rotatable bonds is 15. The minimum Gasteiger partial charge on any atom is -0.462 e. The van der Waals surface area contributed by atoms with Gasteiger partial charge in [0, 0.05) is 65.7 Å². The molecule has 16 heteroatoms. The first-order valence-electron chi connectivity index (χ1n) is 20.3. The number of hydrogen-bond acceptors (Lipinski definition) is 15. The Morgan fingerprint density at radius 3 is 2.40 bits per heavy atom. The second kappa shape index (κ2) is 23.7. The van der Waals surface area contributed by atoms with E-state index in [4.69, 9.17) is 32.2 Å². The highest BCUT2D eigenvalue weighted by Crippen LogP contribution is 2.31. The molecule has 6 bridgehead atoms. The molecule has 3 aromatic rings. The minimum absolute atomic E-state index is 0.0196. The van der Waals surface area contributed by atoms with Crippen molar-refractivity contribution in [3.8, 4) is 23.2 Å². The second-order valence-electron chi connectivity index (χ2n) is 15.4. The number of ketones is 2. The molecule has 3 aromatic heterocycles. The van der Waals surface area contributed by atoms with Gasteiger partial charge in [0.2, 0.25) is 24.1 Å². The van der Waals surface area contributed by atoms with Crippen molar-refractivity contribution < 1.29 is 56.5 Å². The number of carbonyl (C=O) groups excluding carboxylic acids is 4. The maximum atomic E-state index is 13.3. The Morgan fingerprint density at radius 2 is 1.68 bits per heavy atom. The van der Waals surface area contributed by atoms with Crippen LogP contribution in [-0.2, 0) is 38.1 Å². The summed E-state index contributed by atoms with van der Waals surface area (Å²) in [4.78, 5) is 65.5. The molecule has 1 N–H and O–H groups in total. The van der Waals surface area contributed by atoms with E-state index in [-0.39, 0.29) is 66.2 Å². The van der Waals surface area contributed by atoms with Gasteiger partial charge < -0.3 is 42.2 Å². The third-order valence-electron chi connectivity index (χ3n) is 11.0. The van der Waals surface area contributed by atoms with E-state index in [0.717, 1.165) is 0 Å². The summed E-state index contributed by atoms with van der Waals surface area (Å²) in [6, 6.07) is 0. The first-order valence-corrected chi connectivity index (χ1v) is 20.3. The van der Waals surface area contributed by atoms with E-state index in [9.17, 15) is 24.3 Å². The number of fused-ring (bicyclic) bond motifs is 8. The topological polar surface area (TPSA) is 207 Å². The summed E-state index contributed by atoms with van der Waals surface area (Å²) in [5, 5.41) is 10.8. The summed E-state index contributed by atoms with van der Waals surface area (Å²) in [6.45, 7) is 7.55. The van der Waals surface area contributed by atoms with Gasteiger partial charge in [0.05, 0.1) is 24.7 Å². The van der Waals surface area contributed by atoms with Crippen LogP contribution in [0.2, 0.25) is 0 Å². The number of allylic oxidation sites excluding steroid dienone is 2. The van der Waals surface area contributed by atoms with Gasteiger partial charge in [-0.25, -0.2) is 15.0 Å². The number of carbonyl (C=O) groups is 4. The van der Waals surface area contributed by atoms with Crippen LogP contribution >= 0.6 is 0 Å². The normalized spacial score (nSPS) is 23.5. The van der Waals surface area contributed by atoms with Crippen molar-refractivity contribution in [3.05, 3.63) is 60.9 Å². The molecule has 1 aliphatic rings. The Bertz CT molecular complexity index is 1910. The highest BCUT2D eigenvalue weighted by Gasteiger charge is 2.31. The molecule has 0 saturated heterocycles. The van der Waals surface area contributed by atoms with Crippen molar-refractivity contribution in [2.24, 2.45) is 23.7 Å². The van der Waals surface area contributed by atoms with Crippen LogP contribution in [0.3, 0.4) is 0 Å². The van der Waals surface area contributed by atoms with Crippen LogP contribution in [0.4, 0.5) is 0 Å². The SMILES string of the molecule is CO[C@@H]1c2coc(n2)-c2coc(n2)-c2coc(n2)C=CCC[C@@H](C)[C@@H](C[C@@H](OC)[C@H](C)CCC(=O)[C@H](C)[C@@H](C/C=C/N(C)C=O)OC)OC(=O)C[C@H](O)/C=C/CC(=O)[C@H]1C. The fraction of sp³-hybridized carbons (Fsp3) is 0.568. The molecule has 0 fully saturated rings. The molecule has 60 heavy (non-hydrogen) atoms. The quantitative estimate of drug-likeness (QED) is 0.0932. The lowest BCUT2D eigenvalue weighted by molar-refractivity contribution is -0.156. The molecule has 0 saturated carbocycles. The summed E-state index contributed by atoms with van der Waals surface area (Å²) >= 11 is 0. The maximum Gasteiger partial charge on any atom is 0.309 e. The number of hydrogen-bond donors (Lipinski definition) is 1. The smallest absolute Gasteiger partial charge is 0.309 e. The van der Waals surface area contributed by atoms with Crippen molar-refractivity contribution in [3.63, 3.8) is 0 Å². The molecule has 4 rings (SSSR count). The highest BCUT2D eigenvalue weighted by atomic mass is 16.5. The summed E-state index contributed by atoms with van der Waals surface area (Å²) < 4.78 is 40.2. The molecule has 0 radical (unpaired) electrons. The van der Waals surface area contributed by atoms with E-state index in [1.807, 2.05) is 26.8 Å². The van der Waals surface area contributed by atoms with Crippen LogP contribution in [0, 0.1) is 23.7 Å². The summed E-state index contributed by atoms with van der Waals surface area (Å²) in [5.41, 5.74) is 1.08. The Labute approximate surface area is 351 Å². The number of aromatic nitrogens is 3. The molecular weight excluding hydrogens is 777 g/mol. The van der Waals surface area contributed by atoms with Crippen molar-refractivity contribution in [1.29, 1.82) is 0 Å². The van der Waals surface area contributed by atoms with Gasteiger partial charge in [0.15, 0.2) is 11.4 Å². The largest absolute Gasteiger partial charge is 0.462 e. The van der Waals surface area contributed by atoms with Crippen molar-refractivity contribution in [2.75, 3.05) is 28.4 Å². The Morgan fingerprint density at radius 1 is 0.983 bits per heavy atom. The van der Waals surface area contributed by atoms with Gasteiger partial charge in [-0.2, -0.15) is 0 Å². The predicted octanol–water partition coefficient (Wildman–Crippen LogP) is 6.96. The molecule has 0 spiro atoms. The molecular formula is C44H60N4O12. The molecule has 1 aliphatic heterocycles. The van der Waals surface area contributed by atoms with Gasteiger partial charge >= 0.3 is 5.97 Å². The summed E-state index contributed by atoms with van der Waals surface area (Å²) in [7, 11) is 6.27. The number of oxazole rings is 3. The standard InChI is InChI=1S/C44H60N4O12/c1-27-13-9-10-17-40-45-33(24-57-40)43-47-34(25-59-43)44-46-32(23-58-44)42(56-8)30(4)35(51)15-11-14-31(50)21-41(53)60-39(27)22-38(55-7)28(2)18-19-36(52)29(3)37(54-6)16-12-20-48(5)26-49/h10-12,14,17,20,23-31,37-39,42,50H,9,13,15-16,18-19,21-22H2,1-8H3/b14-11+,17-10?,20-12+/t27-,28-,29+,30-,31-,37-,38-,39-,42+/m1/s1. The van der Waals surface area contributed by atoms with Gasteiger partial charge in [-0.1, -0.05) is 52.0 Å². The van der Waals surface area contributed by atoms with Crippen LogP contribution in [0.1, 0.15) is 96.8 Å². The van der Waals surface area contributed by atoms with Crippen LogP contribution in [0.15, 0.2) is 62.5 Å². The van der Waals surface area contributed by atoms with Crippen LogP contribution in [-0.4, -0.2) is 102 Å². The van der Waals surface area contributed by atoms with Crippen LogP contribution in [0.25, 0.3) is 29.2 Å². The zero-order valence-electron chi connectivity index (χ0n) is 35.9. The number of cyclic esters (lactones) is 1. The zero-order valence-corrected chi connectivity index (χ0v) is 35.9. The van der Waals surface area contributed by atoms with Gasteiger partial charge in [-0.05, 0) is 43.6 Å². The molecule has 1 amide bonds. The van der Waals surface area contributed by atoms with Gasteiger partial charge in [-0.15, -0.1) is 0 Å².